The number of benzene rings is 1. The van der Waals surface area contributed by atoms with Crippen LogP contribution in [-0.2, 0) is 20.3 Å². The molecule has 2 rings (SSSR count). The van der Waals surface area contributed by atoms with Gasteiger partial charge in [0.2, 0.25) is 9.84 Å². The van der Waals surface area contributed by atoms with E-state index in [9.17, 15) is 13.2 Å². The summed E-state index contributed by atoms with van der Waals surface area (Å²) in [6.45, 7) is 5.21. The van der Waals surface area contributed by atoms with Crippen molar-refractivity contribution in [3.05, 3.63) is 40.6 Å². The number of nitrogens with one attached hydrogen (secondary N) is 1. The Morgan fingerprint density at radius 2 is 1.88 bits per heavy atom. The Bertz CT molecular complexity index is 821. The first-order valence-electron chi connectivity index (χ1n) is 7.16. The highest BCUT2D eigenvalue weighted by Crippen LogP contribution is 2.36. The van der Waals surface area contributed by atoms with Crippen molar-refractivity contribution < 1.29 is 17.9 Å². The largest absolute Gasteiger partial charge is 0.444 e. The summed E-state index contributed by atoms with van der Waals surface area (Å²) >= 11 is 5.44. The highest BCUT2D eigenvalue weighted by atomic mass is 32.2. The number of carbonyl (C=O) groups is 1. The lowest BCUT2D eigenvalue weighted by molar-refractivity contribution is 0.0635. The maximum Gasteiger partial charge on any atom is 0.412 e. The molecular formula is C16H19NO4S3. The molecule has 24 heavy (non-hydrogen) atoms. The molecule has 0 saturated heterocycles. The molecule has 0 aliphatic heterocycles. The summed E-state index contributed by atoms with van der Waals surface area (Å²) in [5.41, 5.74) is -0.451. The van der Waals surface area contributed by atoms with Crippen LogP contribution in [0, 0.1) is 0 Å². The van der Waals surface area contributed by atoms with E-state index in [-0.39, 0.29) is 15.5 Å². The van der Waals surface area contributed by atoms with Crippen molar-refractivity contribution in [2.24, 2.45) is 0 Å². The van der Waals surface area contributed by atoms with Crippen molar-refractivity contribution in [1.82, 2.24) is 0 Å². The first kappa shape index (κ1) is 18.8. The van der Waals surface area contributed by atoms with Gasteiger partial charge in [0.15, 0.2) is 0 Å². The van der Waals surface area contributed by atoms with E-state index < -0.39 is 21.5 Å². The number of thiol groups is 1. The number of sulfone groups is 1. The van der Waals surface area contributed by atoms with Crippen molar-refractivity contribution >= 4 is 45.6 Å². The van der Waals surface area contributed by atoms with Crippen molar-refractivity contribution in [3.8, 4) is 0 Å². The standard InChI is InChI=1S/C16H19NO4S3/c1-16(2,3)21-15(18)17-14-12(9-22)23-10-13(14)24(19,20)11-7-5-4-6-8-11/h4-8,10,22H,9H2,1-3H3,(H,17,18). The lowest BCUT2D eigenvalue weighted by Crippen LogP contribution is -2.27. The van der Waals surface area contributed by atoms with Gasteiger partial charge in [-0.15, -0.1) is 11.3 Å². The third-order valence-corrected chi connectivity index (χ3v) is 6.41. The van der Waals surface area contributed by atoms with Gasteiger partial charge >= 0.3 is 6.09 Å². The van der Waals surface area contributed by atoms with Crippen LogP contribution in [0.15, 0.2) is 45.5 Å². The second kappa shape index (κ2) is 7.16. The SMILES string of the molecule is CC(C)(C)OC(=O)Nc1c(S(=O)(=O)c2ccccc2)csc1CS. The quantitative estimate of drug-likeness (QED) is 0.767. The Morgan fingerprint density at radius 1 is 1.25 bits per heavy atom. The normalized spacial score (nSPS) is 12.0. The minimum Gasteiger partial charge on any atom is -0.444 e. The molecule has 0 unspecified atom stereocenters. The molecule has 0 aliphatic carbocycles. The topological polar surface area (TPSA) is 72.5 Å². The number of amides is 1. The number of ether oxygens (including phenoxy) is 1. The Labute approximate surface area is 151 Å². The fourth-order valence-electron chi connectivity index (χ4n) is 1.96. The number of hydrogen-bond donors (Lipinski definition) is 2. The maximum absolute atomic E-state index is 12.8. The molecule has 8 heteroatoms. The molecule has 0 aliphatic rings. The van der Waals surface area contributed by atoms with E-state index in [1.54, 1.807) is 39.0 Å². The van der Waals surface area contributed by atoms with Gasteiger partial charge in [-0.25, -0.2) is 13.2 Å². The zero-order valence-electron chi connectivity index (χ0n) is 13.6. The first-order valence-corrected chi connectivity index (χ1v) is 10.2. The van der Waals surface area contributed by atoms with Gasteiger partial charge in [0.25, 0.3) is 0 Å². The minimum absolute atomic E-state index is 0.0496. The minimum atomic E-state index is -3.74. The van der Waals surface area contributed by atoms with Gasteiger partial charge in [0.1, 0.15) is 10.5 Å². The van der Waals surface area contributed by atoms with Crippen LogP contribution in [-0.4, -0.2) is 20.1 Å². The predicted molar refractivity (Wildman–Crippen MR) is 98.8 cm³/mol. The molecule has 2 aromatic rings. The third-order valence-electron chi connectivity index (χ3n) is 2.95. The van der Waals surface area contributed by atoms with Crippen molar-refractivity contribution in [1.29, 1.82) is 0 Å². The smallest absolute Gasteiger partial charge is 0.412 e. The molecule has 1 N–H and O–H groups in total. The van der Waals surface area contributed by atoms with Crippen molar-refractivity contribution in [2.45, 2.75) is 41.9 Å². The van der Waals surface area contributed by atoms with E-state index in [4.69, 9.17) is 4.74 Å². The van der Waals surface area contributed by atoms with Crippen LogP contribution in [0.3, 0.4) is 0 Å². The lowest BCUT2D eigenvalue weighted by atomic mass is 10.2. The van der Waals surface area contributed by atoms with E-state index in [0.29, 0.717) is 10.6 Å². The van der Waals surface area contributed by atoms with Gasteiger partial charge in [-0.2, -0.15) is 12.6 Å². The Morgan fingerprint density at radius 3 is 2.42 bits per heavy atom. The summed E-state index contributed by atoms with van der Waals surface area (Å²) in [4.78, 5) is 12.9. The molecule has 1 heterocycles. The second-order valence-electron chi connectivity index (χ2n) is 6.00. The zero-order valence-corrected chi connectivity index (χ0v) is 16.1. The van der Waals surface area contributed by atoms with Crippen LogP contribution in [0.25, 0.3) is 0 Å². The van der Waals surface area contributed by atoms with E-state index in [2.05, 4.69) is 17.9 Å². The highest BCUT2D eigenvalue weighted by molar-refractivity contribution is 7.91. The van der Waals surface area contributed by atoms with Gasteiger partial charge in [0, 0.05) is 16.0 Å². The van der Waals surface area contributed by atoms with Crippen LogP contribution in [0.1, 0.15) is 25.6 Å². The molecular weight excluding hydrogens is 366 g/mol. The number of carbonyl (C=O) groups excluding carboxylic acids is 1. The molecule has 1 amide bonds. The molecule has 0 bridgehead atoms. The summed E-state index contributed by atoms with van der Waals surface area (Å²) in [7, 11) is -3.74. The summed E-state index contributed by atoms with van der Waals surface area (Å²) in [6, 6.07) is 8.08. The molecule has 1 aromatic heterocycles. The zero-order chi connectivity index (χ0) is 18.0. The fraction of sp³-hybridized carbons (Fsp3) is 0.312. The molecule has 0 spiro atoms. The highest BCUT2D eigenvalue weighted by Gasteiger charge is 2.27. The van der Waals surface area contributed by atoms with Gasteiger partial charge in [-0.05, 0) is 32.9 Å². The van der Waals surface area contributed by atoms with Gasteiger partial charge < -0.3 is 4.74 Å². The number of anilines is 1. The fourth-order valence-corrected chi connectivity index (χ4v) is 4.99. The maximum atomic E-state index is 12.8. The van der Waals surface area contributed by atoms with E-state index >= 15 is 0 Å². The van der Waals surface area contributed by atoms with Crippen LogP contribution in [0.4, 0.5) is 10.5 Å². The van der Waals surface area contributed by atoms with E-state index in [1.807, 2.05) is 0 Å². The summed E-state index contributed by atoms with van der Waals surface area (Å²) in [5.74, 6) is 0.306. The Hall–Kier alpha value is -1.51. The third kappa shape index (κ3) is 4.31. The molecule has 5 nitrogen and oxygen atoms in total. The Balaban J connectivity index is 2.43. The van der Waals surface area contributed by atoms with Crippen molar-refractivity contribution in [2.75, 3.05) is 5.32 Å². The number of thiophene rings is 1. The number of hydrogen-bond acceptors (Lipinski definition) is 6. The van der Waals surface area contributed by atoms with Crippen LogP contribution in [0.2, 0.25) is 0 Å². The predicted octanol–water partition coefficient (Wildman–Crippen LogP) is 4.36. The molecule has 0 radical (unpaired) electrons. The Kier molecular flexibility index (Phi) is 5.62. The van der Waals surface area contributed by atoms with E-state index in [1.165, 1.54) is 28.8 Å². The molecule has 130 valence electrons. The van der Waals surface area contributed by atoms with Gasteiger partial charge in [0.05, 0.1) is 10.6 Å². The summed E-state index contributed by atoms with van der Waals surface area (Å²) < 4.78 is 30.9. The lowest BCUT2D eigenvalue weighted by Gasteiger charge is -2.20. The number of rotatable bonds is 4. The monoisotopic (exact) mass is 385 g/mol. The molecule has 1 aromatic carbocycles. The van der Waals surface area contributed by atoms with Gasteiger partial charge in [-0.3, -0.25) is 5.32 Å². The molecule has 0 saturated carbocycles. The second-order valence-corrected chi connectivity index (χ2v) is 9.20. The van der Waals surface area contributed by atoms with Crippen molar-refractivity contribution in [3.63, 3.8) is 0 Å². The first-order chi connectivity index (χ1) is 11.1. The summed E-state index contributed by atoms with van der Waals surface area (Å²) in [5, 5.41) is 4.08. The van der Waals surface area contributed by atoms with Crippen LogP contribution >= 0.6 is 24.0 Å². The average molecular weight is 386 g/mol. The van der Waals surface area contributed by atoms with E-state index in [0.717, 1.165) is 0 Å². The molecule has 0 fully saturated rings. The summed E-state index contributed by atoms with van der Waals surface area (Å²) in [6.07, 6.45) is -0.701. The van der Waals surface area contributed by atoms with Crippen LogP contribution in [0.5, 0.6) is 0 Å². The molecule has 0 atom stereocenters. The van der Waals surface area contributed by atoms with Gasteiger partial charge in [-0.1, -0.05) is 18.2 Å². The van der Waals surface area contributed by atoms with Crippen LogP contribution < -0.4 is 5.32 Å². The average Bonchev–Trinajstić information content (AvgIpc) is 2.89.